The van der Waals surface area contributed by atoms with Crippen LogP contribution >= 0.6 is 11.6 Å². The second-order valence-corrected chi connectivity index (χ2v) is 6.64. The summed E-state index contributed by atoms with van der Waals surface area (Å²) in [5.41, 5.74) is 5.01. The molecular formula is C21H18ClN3O4. The van der Waals surface area contributed by atoms with Crippen molar-refractivity contribution >= 4 is 35.1 Å². The van der Waals surface area contributed by atoms with E-state index in [-0.39, 0.29) is 12.8 Å². The summed E-state index contributed by atoms with van der Waals surface area (Å²) in [6.07, 6.45) is 0.0896. The molecule has 2 aromatic carbocycles. The molecule has 0 aliphatic rings. The van der Waals surface area contributed by atoms with Crippen LogP contribution in [0, 0.1) is 0 Å². The Morgan fingerprint density at radius 1 is 0.897 bits per heavy atom. The first-order valence-corrected chi connectivity index (χ1v) is 9.17. The van der Waals surface area contributed by atoms with Gasteiger partial charge in [-0.05, 0) is 36.4 Å². The Morgan fingerprint density at radius 2 is 1.59 bits per heavy atom. The SMILES string of the molecule is O=C(O)CCc1ccc(-c2ccccc2)n1NC(=O)C(=O)Nc1ccc(Cl)cc1. The summed E-state index contributed by atoms with van der Waals surface area (Å²) in [6, 6.07) is 19.1. The molecule has 148 valence electrons. The van der Waals surface area contributed by atoms with Crippen molar-refractivity contribution < 1.29 is 19.5 Å². The van der Waals surface area contributed by atoms with Gasteiger partial charge in [0.05, 0.1) is 12.1 Å². The molecule has 0 aliphatic heterocycles. The predicted octanol–water partition coefficient (Wildman–Crippen LogP) is 3.53. The average molecular weight is 412 g/mol. The Labute approximate surface area is 171 Å². The molecule has 0 saturated heterocycles. The molecule has 2 amide bonds. The first-order valence-electron chi connectivity index (χ1n) is 8.80. The molecule has 3 N–H and O–H groups in total. The van der Waals surface area contributed by atoms with E-state index < -0.39 is 17.8 Å². The van der Waals surface area contributed by atoms with Crippen LogP contribution in [-0.4, -0.2) is 27.6 Å². The number of anilines is 1. The number of amides is 2. The van der Waals surface area contributed by atoms with Crippen LogP contribution < -0.4 is 10.7 Å². The number of halogens is 1. The van der Waals surface area contributed by atoms with Gasteiger partial charge in [0.25, 0.3) is 0 Å². The number of hydrogen-bond donors (Lipinski definition) is 3. The number of nitrogens with one attached hydrogen (secondary N) is 2. The van der Waals surface area contributed by atoms with Crippen LogP contribution in [0.15, 0.2) is 66.7 Å². The molecule has 3 rings (SSSR count). The van der Waals surface area contributed by atoms with E-state index in [0.717, 1.165) is 5.56 Å². The number of carbonyl (C=O) groups excluding carboxylic acids is 2. The van der Waals surface area contributed by atoms with Crippen molar-refractivity contribution in [1.82, 2.24) is 4.68 Å². The zero-order chi connectivity index (χ0) is 20.8. The maximum atomic E-state index is 12.5. The number of carboxylic acids is 1. The van der Waals surface area contributed by atoms with Crippen molar-refractivity contribution in [2.24, 2.45) is 0 Å². The molecule has 0 bridgehead atoms. The number of carbonyl (C=O) groups is 3. The Morgan fingerprint density at radius 3 is 2.24 bits per heavy atom. The molecule has 3 aromatic rings. The minimum Gasteiger partial charge on any atom is -0.481 e. The summed E-state index contributed by atoms with van der Waals surface area (Å²) < 4.78 is 1.45. The van der Waals surface area contributed by atoms with E-state index in [1.165, 1.54) is 4.68 Å². The third-order valence-electron chi connectivity index (χ3n) is 4.15. The smallest absolute Gasteiger partial charge is 0.328 e. The summed E-state index contributed by atoms with van der Waals surface area (Å²) in [4.78, 5) is 35.7. The lowest BCUT2D eigenvalue weighted by Gasteiger charge is -2.15. The highest BCUT2D eigenvalue weighted by atomic mass is 35.5. The fourth-order valence-corrected chi connectivity index (χ4v) is 2.87. The van der Waals surface area contributed by atoms with Gasteiger partial charge in [-0.25, -0.2) is 0 Å². The first kappa shape index (κ1) is 20.2. The number of aromatic nitrogens is 1. The maximum Gasteiger partial charge on any atom is 0.328 e. The third-order valence-corrected chi connectivity index (χ3v) is 4.40. The topological polar surface area (TPSA) is 100 Å². The second kappa shape index (κ2) is 9.07. The molecular weight excluding hydrogens is 394 g/mol. The van der Waals surface area contributed by atoms with Crippen LogP contribution in [0.4, 0.5) is 5.69 Å². The average Bonchev–Trinajstić information content (AvgIpc) is 3.11. The van der Waals surface area contributed by atoms with Gasteiger partial charge < -0.3 is 10.4 Å². The van der Waals surface area contributed by atoms with Crippen molar-refractivity contribution in [1.29, 1.82) is 0 Å². The van der Waals surface area contributed by atoms with E-state index in [0.29, 0.717) is 22.1 Å². The van der Waals surface area contributed by atoms with Gasteiger partial charge in [-0.3, -0.25) is 24.5 Å². The van der Waals surface area contributed by atoms with Crippen molar-refractivity contribution in [3.05, 3.63) is 77.4 Å². The summed E-state index contributed by atoms with van der Waals surface area (Å²) in [5, 5.41) is 12.0. The minimum absolute atomic E-state index is 0.106. The van der Waals surface area contributed by atoms with Crippen LogP contribution in [0.2, 0.25) is 5.02 Å². The molecule has 0 fully saturated rings. The number of benzene rings is 2. The minimum atomic E-state index is -0.953. The molecule has 29 heavy (non-hydrogen) atoms. The molecule has 8 heteroatoms. The molecule has 0 unspecified atom stereocenters. The molecule has 1 aromatic heterocycles. The lowest BCUT2D eigenvalue weighted by atomic mass is 10.2. The van der Waals surface area contributed by atoms with E-state index in [2.05, 4.69) is 10.7 Å². The molecule has 1 heterocycles. The van der Waals surface area contributed by atoms with Crippen LogP contribution in [0.1, 0.15) is 12.1 Å². The Hall–Kier alpha value is -3.58. The van der Waals surface area contributed by atoms with Gasteiger partial charge in [-0.15, -0.1) is 0 Å². The van der Waals surface area contributed by atoms with Gasteiger partial charge in [0.15, 0.2) is 0 Å². The fraction of sp³-hybridized carbons (Fsp3) is 0.0952. The monoisotopic (exact) mass is 411 g/mol. The normalized spacial score (nSPS) is 10.4. The number of rotatable bonds is 6. The summed E-state index contributed by atoms with van der Waals surface area (Å²) in [6.45, 7) is 0. The summed E-state index contributed by atoms with van der Waals surface area (Å²) in [7, 11) is 0. The highest BCUT2D eigenvalue weighted by Crippen LogP contribution is 2.22. The lowest BCUT2D eigenvalue weighted by Crippen LogP contribution is -2.35. The van der Waals surface area contributed by atoms with Crippen molar-refractivity contribution in [3.8, 4) is 11.3 Å². The van der Waals surface area contributed by atoms with E-state index in [1.807, 2.05) is 30.3 Å². The molecule has 0 atom stereocenters. The highest BCUT2D eigenvalue weighted by molar-refractivity contribution is 6.42. The van der Waals surface area contributed by atoms with Crippen LogP contribution in [0.3, 0.4) is 0 Å². The van der Waals surface area contributed by atoms with Gasteiger partial charge in [0.1, 0.15) is 0 Å². The molecule has 7 nitrogen and oxygen atoms in total. The number of hydrogen-bond acceptors (Lipinski definition) is 3. The van der Waals surface area contributed by atoms with Gasteiger partial charge in [0, 0.05) is 28.4 Å². The number of carboxylic acid groups (broad SMARTS) is 1. The van der Waals surface area contributed by atoms with Crippen LogP contribution in [-0.2, 0) is 20.8 Å². The highest BCUT2D eigenvalue weighted by Gasteiger charge is 2.18. The standard InChI is InChI=1S/C21H18ClN3O4/c22-15-6-8-16(9-7-15)23-20(28)21(29)24-25-17(11-13-19(26)27)10-12-18(25)14-4-2-1-3-5-14/h1-10,12H,11,13H2,(H,23,28)(H,24,29)(H,26,27). The molecule has 0 aliphatic carbocycles. The zero-order valence-electron chi connectivity index (χ0n) is 15.3. The van der Waals surface area contributed by atoms with Crippen LogP contribution in [0.25, 0.3) is 11.3 Å². The van der Waals surface area contributed by atoms with Gasteiger partial charge in [-0.1, -0.05) is 41.9 Å². The first-order chi connectivity index (χ1) is 13.9. The number of aliphatic carboxylic acids is 1. The number of nitrogens with zero attached hydrogens (tertiary/aromatic N) is 1. The fourth-order valence-electron chi connectivity index (χ4n) is 2.75. The van der Waals surface area contributed by atoms with Gasteiger partial charge in [-0.2, -0.15) is 0 Å². The van der Waals surface area contributed by atoms with Gasteiger partial charge in [0.2, 0.25) is 0 Å². The third kappa shape index (κ3) is 5.24. The van der Waals surface area contributed by atoms with E-state index in [1.54, 1.807) is 36.4 Å². The number of aryl methyl sites for hydroxylation is 1. The Balaban J connectivity index is 1.82. The molecule has 0 radical (unpaired) electrons. The largest absolute Gasteiger partial charge is 0.481 e. The predicted molar refractivity (Wildman–Crippen MR) is 110 cm³/mol. The summed E-state index contributed by atoms with van der Waals surface area (Å²) in [5.74, 6) is -2.69. The second-order valence-electron chi connectivity index (χ2n) is 6.21. The lowest BCUT2D eigenvalue weighted by molar-refractivity contribution is -0.137. The van der Waals surface area contributed by atoms with Gasteiger partial charge >= 0.3 is 17.8 Å². The van der Waals surface area contributed by atoms with Crippen molar-refractivity contribution in [2.45, 2.75) is 12.8 Å². The Kier molecular flexibility index (Phi) is 6.31. The maximum absolute atomic E-state index is 12.5. The van der Waals surface area contributed by atoms with Crippen molar-refractivity contribution in [2.75, 3.05) is 10.7 Å². The molecule has 0 saturated carbocycles. The summed E-state index contributed by atoms with van der Waals surface area (Å²) >= 11 is 5.81. The zero-order valence-corrected chi connectivity index (χ0v) is 16.0. The Bertz CT molecular complexity index is 1030. The molecule has 0 spiro atoms. The van der Waals surface area contributed by atoms with Crippen molar-refractivity contribution in [3.63, 3.8) is 0 Å². The van der Waals surface area contributed by atoms with E-state index in [9.17, 15) is 14.4 Å². The van der Waals surface area contributed by atoms with E-state index >= 15 is 0 Å². The van der Waals surface area contributed by atoms with E-state index in [4.69, 9.17) is 16.7 Å². The quantitative estimate of drug-likeness (QED) is 0.540. The van der Waals surface area contributed by atoms with Crippen LogP contribution in [0.5, 0.6) is 0 Å².